The molecular formula is C10H19N3OS. The van der Waals surface area contributed by atoms with Crippen LogP contribution in [0.5, 0.6) is 0 Å². The number of imidazole rings is 1. The Hall–Kier alpha value is -0.520. The Morgan fingerprint density at radius 2 is 2.40 bits per heavy atom. The van der Waals surface area contributed by atoms with Crippen LogP contribution in [0, 0.1) is 0 Å². The summed E-state index contributed by atoms with van der Waals surface area (Å²) < 4.78 is 2.05. The molecule has 4 nitrogen and oxygen atoms in total. The first kappa shape index (κ1) is 12.5. The lowest BCUT2D eigenvalue weighted by atomic mass is 10.2. The van der Waals surface area contributed by atoms with Gasteiger partial charge in [0.15, 0.2) is 0 Å². The monoisotopic (exact) mass is 229 g/mol. The molecule has 3 N–H and O–H groups in total. The van der Waals surface area contributed by atoms with Crippen LogP contribution >= 0.6 is 11.8 Å². The minimum atomic E-state index is -0.329. The SMILES string of the molecule is CSCCC(C)n1cncc1C(N)CO. The standard InChI is InChI=1S/C10H19N3OS/c1-8(3-4-15-2)13-7-12-5-10(13)9(11)6-14/h5,7-9,14H,3-4,6,11H2,1-2H3. The van der Waals surface area contributed by atoms with Crippen LogP contribution in [-0.2, 0) is 0 Å². The molecule has 0 saturated carbocycles. The highest BCUT2D eigenvalue weighted by Gasteiger charge is 2.14. The van der Waals surface area contributed by atoms with Crippen molar-refractivity contribution in [2.75, 3.05) is 18.6 Å². The van der Waals surface area contributed by atoms with E-state index in [0.717, 1.165) is 17.9 Å². The van der Waals surface area contributed by atoms with Crippen LogP contribution in [0.1, 0.15) is 31.1 Å². The molecule has 1 aromatic heterocycles. The van der Waals surface area contributed by atoms with Crippen molar-refractivity contribution in [2.24, 2.45) is 5.73 Å². The number of hydrogen-bond donors (Lipinski definition) is 2. The van der Waals surface area contributed by atoms with Gasteiger partial charge in [-0.1, -0.05) is 0 Å². The molecule has 0 spiro atoms. The van der Waals surface area contributed by atoms with E-state index in [2.05, 4.69) is 22.7 Å². The number of nitrogens with two attached hydrogens (primary N) is 1. The number of aliphatic hydroxyl groups excluding tert-OH is 1. The molecule has 0 amide bonds. The minimum Gasteiger partial charge on any atom is -0.394 e. The van der Waals surface area contributed by atoms with Gasteiger partial charge in [0.1, 0.15) is 0 Å². The van der Waals surface area contributed by atoms with E-state index in [-0.39, 0.29) is 12.6 Å². The lowest BCUT2D eigenvalue weighted by Gasteiger charge is -2.18. The quantitative estimate of drug-likeness (QED) is 0.769. The summed E-state index contributed by atoms with van der Waals surface area (Å²) >= 11 is 1.83. The summed E-state index contributed by atoms with van der Waals surface area (Å²) in [6.45, 7) is 2.10. The molecule has 0 bridgehead atoms. The molecule has 2 unspecified atom stereocenters. The van der Waals surface area contributed by atoms with Gasteiger partial charge in [-0.05, 0) is 25.4 Å². The minimum absolute atomic E-state index is 0.0407. The van der Waals surface area contributed by atoms with Crippen LogP contribution in [0.2, 0.25) is 0 Å². The molecule has 86 valence electrons. The number of aliphatic hydroxyl groups is 1. The molecule has 1 rings (SSSR count). The Balaban J connectivity index is 2.71. The smallest absolute Gasteiger partial charge is 0.0951 e. The molecule has 5 heteroatoms. The van der Waals surface area contributed by atoms with Crippen molar-refractivity contribution in [3.8, 4) is 0 Å². The van der Waals surface area contributed by atoms with Crippen LogP contribution in [0.15, 0.2) is 12.5 Å². The van der Waals surface area contributed by atoms with Gasteiger partial charge in [-0.2, -0.15) is 11.8 Å². The van der Waals surface area contributed by atoms with E-state index in [1.54, 1.807) is 12.5 Å². The van der Waals surface area contributed by atoms with Gasteiger partial charge in [0.2, 0.25) is 0 Å². The van der Waals surface area contributed by atoms with E-state index in [4.69, 9.17) is 10.8 Å². The van der Waals surface area contributed by atoms with Crippen LogP contribution < -0.4 is 5.73 Å². The van der Waals surface area contributed by atoms with Crippen LogP contribution in [0.4, 0.5) is 0 Å². The number of thioether (sulfide) groups is 1. The lowest BCUT2D eigenvalue weighted by molar-refractivity contribution is 0.261. The molecule has 0 aromatic carbocycles. The van der Waals surface area contributed by atoms with Gasteiger partial charge in [-0.3, -0.25) is 0 Å². The van der Waals surface area contributed by atoms with Gasteiger partial charge in [0, 0.05) is 12.2 Å². The molecular weight excluding hydrogens is 210 g/mol. The fourth-order valence-corrected chi connectivity index (χ4v) is 2.07. The second-order valence-corrected chi connectivity index (χ2v) is 4.63. The molecule has 0 aliphatic rings. The molecule has 2 atom stereocenters. The summed E-state index contributed by atoms with van der Waals surface area (Å²) in [6, 6.07) is 0.0526. The molecule has 0 saturated heterocycles. The topological polar surface area (TPSA) is 64.1 Å². The Bertz CT molecular complexity index is 290. The summed E-state index contributed by atoms with van der Waals surface area (Å²) in [5.41, 5.74) is 6.70. The number of hydrogen-bond acceptors (Lipinski definition) is 4. The molecule has 0 radical (unpaired) electrons. The fourth-order valence-electron chi connectivity index (χ4n) is 1.49. The first-order valence-electron chi connectivity index (χ1n) is 5.07. The van der Waals surface area contributed by atoms with Gasteiger partial charge in [0.05, 0.1) is 24.7 Å². The Morgan fingerprint density at radius 1 is 1.67 bits per heavy atom. The zero-order valence-electron chi connectivity index (χ0n) is 9.26. The molecule has 0 fully saturated rings. The van der Waals surface area contributed by atoms with Gasteiger partial charge >= 0.3 is 0 Å². The normalized spacial score (nSPS) is 15.2. The molecule has 1 aromatic rings. The van der Waals surface area contributed by atoms with E-state index in [1.165, 1.54) is 0 Å². The van der Waals surface area contributed by atoms with Crippen molar-refractivity contribution in [3.05, 3.63) is 18.2 Å². The summed E-state index contributed by atoms with van der Waals surface area (Å²) in [5, 5.41) is 9.02. The highest BCUT2D eigenvalue weighted by atomic mass is 32.2. The average Bonchev–Trinajstić information content (AvgIpc) is 2.73. The van der Waals surface area contributed by atoms with Gasteiger partial charge < -0.3 is 15.4 Å². The molecule has 0 aliphatic heterocycles. The maximum atomic E-state index is 9.02. The summed E-state index contributed by atoms with van der Waals surface area (Å²) in [6.07, 6.45) is 6.70. The van der Waals surface area contributed by atoms with Crippen LogP contribution in [0.25, 0.3) is 0 Å². The van der Waals surface area contributed by atoms with Crippen molar-refractivity contribution in [1.82, 2.24) is 9.55 Å². The van der Waals surface area contributed by atoms with Crippen LogP contribution in [-0.4, -0.2) is 33.3 Å². The third kappa shape index (κ3) is 3.22. The van der Waals surface area contributed by atoms with Gasteiger partial charge in [0.25, 0.3) is 0 Å². The van der Waals surface area contributed by atoms with Crippen molar-refractivity contribution >= 4 is 11.8 Å². The predicted molar refractivity (Wildman–Crippen MR) is 64.0 cm³/mol. The first-order chi connectivity index (χ1) is 7.20. The van der Waals surface area contributed by atoms with Crippen molar-refractivity contribution in [1.29, 1.82) is 0 Å². The number of aromatic nitrogens is 2. The second kappa shape index (κ2) is 6.15. The molecule has 1 heterocycles. The maximum Gasteiger partial charge on any atom is 0.0951 e. The molecule has 0 aliphatic carbocycles. The maximum absolute atomic E-state index is 9.02. The van der Waals surface area contributed by atoms with E-state index in [1.807, 2.05) is 11.8 Å². The summed E-state index contributed by atoms with van der Waals surface area (Å²) in [7, 11) is 0. The summed E-state index contributed by atoms with van der Waals surface area (Å²) in [5.74, 6) is 1.12. The highest BCUT2D eigenvalue weighted by Crippen LogP contribution is 2.19. The third-order valence-electron chi connectivity index (χ3n) is 2.49. The fraction of sp³-hybridized carbons (Fsp3) is 0.700. The van der Waals surface area contributed by atoms with Crippen molar-refractivity contribution in [2.45, 2.75) is 25.4 Å². The van der Waals surface area contributed by atoms with Gasteiger partial charge in [-0.25, -0.2) is 4.98 Å². The summed E-state index contributed by atoms with van der Waals surface area (Å²) in [4.78, 5) is 4.09. The Labute approximate surface area is 94.9 Å². The van der Waals surface area contributed by atoms with E-state index in [0.29, 0.717) is 6.04 Å². The van der Waals surface area contributed by atoms with Crippen molar-refractivity contribution in [3.63, 3.8) is 0 Å². The van der Waals surface area contributed by atoms with Crippen molar-refractivity contribution < 1.29 is 5.11 Å². The zero-order valence-corrected chi connectivity index (χ0v) is 10.1. The van der Waals surface area contributed by atoms with E-state index < -0.39 is 0 Å². The lowest BCUT2D eigenvalue weighted by Crippen LogP contribution is -2.20. The molecule has 15 heavy (non-hydrogen) atoms. The number of nitrogens with zero attached hydrogens (tertiary/aromatic N) is 2. The van der Waals surface area contributed by atoms with Gasteiger partial charge in [-0.15, -0.1) is 0 Å². The predicted octanol–water partition coefficient (Wildman–Crippen LogP) is 1.19. The Kier molecular flexibility index (Phi) is 5.14. The largest absolute Gasteiger partial charge is 0.394 e. The van der Waals surface area contributed by atoms with E-state index in [9.17, 15) is 0 Å². The third-order valence-corrected chi connectivity index (χ3v) is 3.13. The highest BCUT2D eigenvalue weighted by molar-refractivity contribution is 7.98. The first-order valence-corrected chi connectivity index (χ1v) is 6.47. The second-order valence-electron chi connectivity index (χ2n) is 3.65. The van der Waals surface area contributed by atoms with Crippen LogP contribution in [0.3, 0.4) is 0 Å². The van der Waals surface area contributed by atoms with E-state index >= 15 is 0 Å². The average molecular weight is 229 g/mol. The number of rotatable bonds is 6. The zero-order chi connectivity index (χ0) is 11.3. The Morgan fingerprint density at radius 3 is 3.00 bits per heavy atom.